The molecule has 0 unspecified atom stereocenters. The number of nitriles is 1. The van der Waals surface area contributed by atoms with E-state index in [-0.39, 0.29) is 6.10 Å². The first-order chi connectivity index (χ1) is 8.36. The van der Waals surface area contributed by atoms with Gasteiger partial charge in [-0.05, 0) is 12.1 Å². The average molecular weight is 226 g/mol. The van der Waals surface area contributed by atoms with Gasteiger partial charge in [0, 0.05) is 17.6 Å². The lowest BCUT2D eigenvalue weighted by atomic mass is 10.1. The summed E-state index contributed by atoms with van der Waals surface area (Å²) in [5.41, 5.74) is 1.37. The number of pyridine rings is 1. The molecule has 4 nitrogen and oxygen atoms in total. The number of epoxide rings is 1. The number of benzene rings is 1. The molecule has 0 bridgehead atoms. The van der Waals surface area contributed by atoms with Gasteiger partial charge in [0.05, 0.1) is 17.7 Å². The summed E-state index contributed by atoms with van der Waals surface area (Å²) in [6.45, 7) is 1.24. The van der Waals surface area contributed by atoms with Gasteiger partial charge in [0.2, 0.25) is 0 Å². The van der Waals surface area contributed by atoms with Crippen LogP contribution in [0.3, 0.4) is 0 Å². The Labute approximate surface area is 98.4 Å². The molecule has 1 aromatic carbocycles. The fraction of sp³-hybridized carbons (Fsp3) is 0.231. The van der Waals surface area contributed by atoms with Gasteiger partial charge < -0.3 is 9.47 Å². The van der Waals surface area contributed by atoms with Crippen LogP contribution >= 0.6 is 0 Å². The molecule has 1 fully saturated rings. The Morgan fingerprint density at radius 1 is 1.53 bits per heavy atom. The predicted molar refractivity (Wildman–Crippen MR) is 61.7 cm³/mol. The minimum absolute atomic E-state index is 0.181. The number of nitrogens with zero attached hydrogens (tertiary/aromatic N) is 2. The van der Waals surface area contributed by atoms with Crippen LogP contribution in [-0.2, 0) is 4.74 Å². The van der Waals surface area contributed by atoms with Crippen LogP contribution in [0.2, 0.25) is 0 Å². The van der Waals surface area contributed by atoms with E-state index in [9.17, 15) is 0 Å². The first kappa shape index (κ1) is 10.1. The molecule has 4 heteroatoms. The van der Waals surface area contributed by atoms with Crippen molar-refractivity contribution in [3.05, 3.63) is 36.0 Å². The SMILES string of the molecule is N#Cc1cc2cccnc2cc1OC[C@H]1CO1. The number of rotatable bonds is 3. The van der Waals surface area contributed by atoms with E-state index < -0.39 is 0 Å². The lowest BCUT2D eigenvalue weighted by molar-refractivity contribution is 0.262. The fourth-order valence-corrected chi connectivity index (χ4v) is 1.65. The van der Waals surface area contributed by atoms with Crippen molar-refractivity contribution >= 4 is 10.9 Å². The molecule has 1 aliphatic rings. The maximum Gasteiger partial charge on any atom is 0.139 e. The van der Waals surface area contributed by atoms with Crippen molar-refractivity contribution in [2.24, 2.45) is 0 Å². The highest BCUT2D eigenvalue weighted by Crippen LogP contribution is 2.25. The van der Waals surface area contributed by atoms with Gasteiger partial charge >= 0.3 is 0 Å². The summed E-state index contributed by atoms with van der Waals surface area (Å²) in [7, 11) is 0. The Balaban J connectivity index is 1.99. The number of ether oxygens (including phenoxy) is 2. The quantitative estimate of drug-likeness (QED) is 0.750. The van der Waals surface area contributed by atoms with Crippen LogP contribution in [0.1, 0.15) is 5.56 Å². The molecule has 1 atom stereocenters. The molecule has 0 aliphatic carbocycles. The van der Waals surface area contributed by atoms with Gasteiger partial charge in [-0.25, -0.2) is 0 Å². The van der Waals surface area contributed by atoms with Gasteiger partial charge in [0.1, 0.15) is 24.5 Å². The molecule has 0 N–H and O–H groups in total. The van der Waals surface area contributed by atoms with Crippen LogP contribution in [-0.4, -0.2) is 24.3 Å². The molecule has 0 saturated carbocycles. The molecule has 1 saturated heterocycles. The van der Waals surface area contributed by atoms with E-state index in [4.69, 9.17) is 14.7 Å². The third-order valence-electron chi connectivity index (χ3n) is 2.65. The summed E-state index contributed by atoms with van der Waals surface area (Å²) in [4.78, 5) is 4.24. The third-order valence-corrected chi connectivity index (χ3v) is 2.65. The Bertz CT molecular complexity index is 600. The summed E-state index contributed by atoms with van der Waals surface area (Å²) in [6, 6.07) is 9.51. The van der Waals surface area contributed by atoms with Crippen molar-refractivity contribution in [1.82, 2.24) is 4.98 Å². The highest BCUT2D eigenvalue weighted by molar-refractivity contribution is 5.82. The van der Waals surface area contributed by atoms with Gasteiger partial charge in [-0.3, -0.25) is 4.98 Å². The topological polar surface area (TPSA) is 58.4 Å². The molecular weight excluding hydrogens is 216 g/mol. The van der Waals surface area contributed by atoms with Crippen LogP contribution in [0, 0.1) is 11.3 Å². The molecule has 0 amide bonds. The zero-order valence-electron chi connectivity index (χ0n) is 9.09. The van der Waals surface area contributed by atoms with E-state index in [1.54, 1.807) is 18.3 Å². The highest BCUT2D eigenvalue weighted by Gasteiger charge is 2.23. The molecule has 2 aromatic rings. The van der Waals surface area contributed by atoms with Gasteiger partial charge in [0.15, 0.2) is 0 Å². The van der Waals surface area contributed by atoms with Crippen molar-refractivity contribution in [3.63, 3.8) is 0 Å². The van der Waals surface area contributed by atoms with Crippen molar-refractivity contribution in [1.29, 1.82) is 5.26 Å². The molecular formula is C13H10N2O2. The molecule has 2 heterocycles. The van der Waals surface area contributed by atoms with Crippen LogP contribution in [0.4, 0.5) is 0 Å². The summed E-state index contributed by atoms with van der Waals surface area (Å²) in [5, 5.41) is 10.0. The Morgan fingerprint density at radius 2 is 2.41 bits per heavy atom. The molecule has 17 heavy (non-hydrogen) atoms. The zero-order valence-corrected chi connectivity index (χ0v) is 9.09. The number of aromatic nitrogens is 1. The minimum Gasteiger partial charge on any atom is -0.489 e. The van der Waals surface area contributed by atoms with Gasteiger partial charge in [-0.15, -0.1) is 0 Å². The maximum absolute atomic E-state index is 9.08. The number of hydrogen-bond acceptors (Lipinski definition) is 4. The Morgan fingerprint density at radius 3 is 3.18 bits per heavy atom. The fourth-order valence-electron chi connectivity index (χ4n) is 1.65. The van der Waals surface area contributed by atoms with E-state index in [0.29, 0.717) is 17.9 Å². The largest absolute Gasteiger partial charge is 0.489 e. The number of hydrogen-bond donors (Lipinski definition) is 0. The van der Waals surface area contributed by atoms with Gasteiger partial charge in [-0.2, -0.15) is 5.26 Å². The van der Waals surface area contributed by atoms with Crippen LogP contribution < -0.4 is 4.74 Å². The smallest absolute Gasteiger partial charge is 0.139 e. The molecule has 84 valence electrons. The monoisotopic (exact) mass is 226 g/mol. The van der Waals surface area contributed by atoms with Crippen LogP contribution in [0.25, 0.3) is 10.9 Å². The molecule has 1 aliphatic heterocycles. The van der Waals surface area contributed by atoms with E-state index in [1.807, 2.05) is 12.1 Å². The van der Waals surface area contributed by atoms with Crippen molar-refractivity contribution in [2.45, 2.75) is 6.10 Å². The van der Waals surface area contributed by atoms with Crippen molar-refractivity contribution < 1.29 is 9.47 Å². The van der Waals surface area contributed by atoms with E-state index in [2.05, 4.69) is 11.1 Å². The Kier molecular flexibility index (Phi) is 2.39. The molecule has 0 spiro atoms. The third kappa shape index (κ3) is 2.05. The second-order valence-corrected chi connectivity index (χ2v) is 3.92. The summed E-state index contributed by atoms with van der Waals surface area (Å²) in [6.07, 6.45) is 1.91. The summed E-state index contributed by atoms with van der Waals surface area (Å²) < 4.78 is 10.6. The lowest BCUT2D eigenvalue weighted by Crippen LogP contribution is -2.05. The Hall–Kier alpha value is -2.12. The van der Waals surface area contributed by atoms with E-state index in [1.165, 1.54) is 0 Å². The van der Waals surface area contributed by atoms with E-state index in [0.717, 1.165) is 17.5 Å². The zero-order chi connectivity index (χ0) is 11.7. The van der Waals surface area contributed by atoms with Crippen LogP contribution in [0.5, 0.6) is 5.75 Å². The van der Waals surface area contributed by atoms with Crippen molar-refractivity contribution in [3.8, 4) is 11.8 Å². The van der Waals surface area contributed by atoms with E-state index >= 15 is 0 Å². The number of fused-ring (bicyclic) bond motifs is 1. The van der Waals surface area contributed by atoms with Gasteiger partial charge in [0.25, 0.3) is 0 Å². The molecule has 1 aromatic heterocycles. The maximum atomic E-state index is 9.08. The molecule has 0 radical (unpaired) electrons. The first-order valence-corrected chi connectivity index (χ1v) is 5.40. The molecule has 3 rings (SSSR count). The second-order valence-electron chi connectivity index (χ2n) is 3.92. The van der Waals surface area contributed by atoms with Crippen molar-refractivity contribution in [2.75, 3.05) is 13.2 Å². The first-order valence-electron chi connectivity index (χ1n) is 5.40. The highest BCUT2D eigenvalue weighted by atomic mass is 16.6. The minimum atomic E-state index is 0.181. The summed E-state index contributed by atoms with van der Waals surface area (Å²) in [5.74, 6) is 0.578. The van der Waals surface area contributed by atoms with Gasteiger partial charge in [-0.1, -0.05) is 6.07 Å². The second kappa shape index (κ2) is 4.04. The standard InChI is InChI=1S/C13H10N2O2/c14-6-10-4-9-2-1-3-15-12(9)5-13(10)17-8-11-7-16-11/h1-5,11H,7-8H2/t11-/m1/s1. The normalized spacial score (nSPS) is 17.7. The van der Waals surface area contributed by atoms with Crippen LogP contribution in [0.15, 0.2) is 30.5 Å². The predicted octanol–water partition coefficient (Wildman–Crippen LogP) is 1.88. The lowest BCUT2D eigenvalue weighted by Gasteiger charge is -2.07. The average Bonchev–Trinajstić information content (AvgIpc) is 3.19. The summed E-state index contributed by atoms with van der Waals surface area (Å²) >= 11 is 0.